The molecule has 0 fully saturated rings. The molecule has 0 aliphatic rings. The summed E-state index contributed by atoms with van der Waals surface area (Å²) in [5, 5.41) is 0. The predicted octanol–water partition coefficient (Wildman–Crippen LogP) is 2.68. The Morgan fingerprint density at radius 1 is 0.941 bits per heavy atom. The standard InChI is InChI=1S/C12H24O4Si/c1-7-14-17(15-8-2,16-9-3)10-13-12(6)11(4)5/h4,6-10H2,1-3,5H3. The smallest absolute Gasteiger partial charge is 0.489 e. The van der Waals surface area contributed by atoms with Gasteiger partial charge in [0.15, 0.2) is 6.23 Å². The Balaban J connectivity index is 4.53. The fraction of sp³-hybridized carbons (Fsp3) is 0.667. The van der Waals surface area contributed by atoms with Gasteiger partial charge >= 0.3 is 8.80 Å². The van der Waals surface area contributed by atoms with Crippen molar-refractivity contribution in [3.63, 3.8) is 0 Å². The van der Waals surface area contributed by atoms with Gasteiger partial charge in [-0.15, -0.1) is 0 Å². The van der Waals surface area contributed by atoms with Gasteiger partial charge in [0.05, 0.1) is 0 Å². The van der Waals surface area contributed by atoms with E-state index < -0.39 is 8.80 Å². The number of hydrogen-bond donors (Lipinski definition) is 0. The van der Waals surface area contributed by atoms with Crippen molar-refractivity contribution in [3.05, 3.63) is 24.5 Å². The topological polar surface area (TPSA) is 36.9 Å². The molecule has 17 heavy (non-hydrogen) atoms. The van der Waals surface area contributed by atoms with Gasteiger partial charge in [-0.05, 0) is 33.3 Å². The first-order valence-corrected chi connectivity index (χ1v) is 7.84. The van der Waals surface area contributed by atoms with Crippen LogP contribution in [-0.2, 0) is 18.0 Å². The van der Waals surface area contributed by atoms with Crippen molar-refractivity contribution >= 4 is 8.80 Å². The van der Waals surface area contributed by atoms with Gasteiger partial charge in [-0.2, -0.15) is 0 Å². The highest BCUT2D eigenvalue weighted by Crippen LogP contribution is 2.14. The summed E-state index contributed by atoms with van der Waals surface area (Å²) >= 11 is 0. The molecule has 0 saturated carbocycles. The Kier molecular flexibility index (Phi) is 8.15. The van der Waals surface area contributed by atoms with Crippen molar-refractivity contribution in [1.29, 1.82) is 0 Å². The van der Waals surface area contributed by atoms with E-state index in [2.05, 4.69) is 13.2 Å². The molecule has 100 valence electrons. The molecule has 0 spiro atoms. The van der Waals surface area contributed by atoms with Crippen LogP contribution in [0.5, 0.6) is 0 Å². The molecule has 0 atom stereocenters. The monoisotopic (exact) mass is 260 g/mol. The van der Waals surface area contributed by atoms with Gasteiger partial charge in [-0.1, -0.05) is 13.2 Å². The molecule has 0 heterocycles. The van der Waals surface area contributed by atoms with Crippen LogP contribution in [0.1, 0.15) is 27.7 Å². The van der Waals surface area contributed by atoms with Crippen molar-refractivity contribution in [2.75, 3.05) is 26.1 Å². The third kappa shape index (κ3) is 6.02. The average molecular weight is 260 g/mol. The second-order valence-electron chi connectivity index (χ2n) is 3.47. The Labute approximate surface area is 106 Å². The van der Waals surface area contributed by atoms with E-state index >= 15 is 0 Å². The molecule has 0 amide bonds. The lowest BCUT2D eigenvalue weighted by Crippen LogP contribution is -2.50. The van der Waals surface area contributed by atoms with E-state index in [0.29, 0.717) is 25.6 Å². The minimum atomic E-state index is -2.73. The third-order valence-electron chi connectivity index (χ3n) is 1.99. The summed E-state index contributed by atoms with van der Waals surface area (Å²) in [5.74, 6) is 0.543. The molecule has 0 N–H and O–H groups in total. The van der Waals surface area contributed by atoms with E-state index in [1.807, 2.05) is 27.7 Å². The summed E-state index contributed by atoms with van der Waals surface area (Å²) in [7, 11) is -2.73. The summed E-state index contributed by atoms with van der Waals surface area (Å²) < 4.78 is 22.4. The summed E-state index contributed by atoms with van der Waals surface area (Å²) in [5.41, 5.74) is 0.789. The Morgan fingerprint density at radius 3 is 1.65 bits per heavy atom. The van der Waals surface area contributed by atoms with Gasteiger partial charge in [0.25, 0.3) is 0 Å². The summed E-state index contributed by atoms with van der Waals surface area (Å²) in [6.45, 7) is 16.7. The fourth-order valence-electron chi connectivity index (χ4n) is 1.21. The zero-order valence-electron chi connectivity index (χ0n) is 11.4. The first-order valence-electron chi connectivity index (χ1n) is 5.90. The van der Waals surface area contributed by atoms with Gasteiger partial charge in [-0.25, -0.2) is 0 Å². The molecule has 0 aromatic carbocycles. The van der Waals surface area contributed by atoms with Crippen LogP contribution in [0.4, 0.5) is 0 Å². The zero-order chi connectivity index (χ0) is 13.3. The van der Waals surface area contributed by atoms with Crippen LogP contribution in [0.3, 0.4) is 0 Å². The highest BCUT2D eigenvalue weighted by molar-refractivity contribution is 6.60. The van der Waals surface area contributed by atoms with Gasteiger partial charge < -0.3 is 18.0 Å². The molecule has 0 aromatic rings. The van der Waals surface area contributed by atoms with Crippen molar-refractivity contribution in [2.24, 2.45) is 0 Å². The molecule has 0 aromatic heterocycles. The molecule has 0 aliphatic carbocycles. The average Bonchev–Trinajstić information content (AvgIpc) is 2.27. The van der Waals surface area contributed by atoms with Crippen molar-refractivity contribution in [3.8, 4) is 0 Å². The molecular formula is C12H24O4Si. The molecule has 4 nitrogen and oxygen atoms in total. The minimum absolute atomic E-state index is 0.272. The largest absolute Gasteiger partial charge is 0.540 e. The molecule has 0 unspecified atom stereocenters. The van der Waals surface area contributed by atoms with Gasteiger partial charge in [-0.3, -0.25) is 0 Å². The van der Waals surface area contributed by atoms with Crippen LogP contribution in [0.2, 0.25) is 0 Å². The van der Waals surface area contributed by atoms with E-state index in [1.165, 1.54) is 0 Å². The maximum absolute atomic E-state index is 5.64. The fourth-order valence-corrected chi connectivity index (χ4v) is 3.38. The van der Waals surface area contributed by atoms with E-state index in [1.54, 1.807) is 0 Å². The zero-order valence-corrected chi connectivity index (χ0v) is 12.4. The van der Waals surface area contributed by atoms with E-state index in [-0.39, 0.29) is 6.23 Å². The van der Waals surface area contributed by atoms with Crippen LogP contribution < -0.4 is 0 Å². The molecule has 0 aliphatic heterocycles. The van der Waals surface area contributed by atoms with Gasteiger partial charge in [0.2, 0.25) is 0 Å². The number of hydrogen-bond acceptors (Lipinski definition) is 4. The molecule has 0 radical (unpaired) electrons. The van der Waals surface area contributed by atoms with Gasteiger partial charge in [0.1, 0.15) is 5.76 Å². The Hall–Kier alpha value is -0.623. The van der Waals surface area contributed by atoms with Crippen LogP contribution in [0.15, 0.2) is 24.5 Å². The molecule has 5 heteroatoms. The van der Waals surface area contributed by atoms with Crippen LogP contribution in [-0.4, -0.2) is 34.9 Å². The molecule has 0 saturated heterocycles. The number of ether oxygens (including phenoxy) is 1. The Bertz CT molecular complexity index is 236. The second-order valence-corrected chi connectivity index (χ2v) is 5.99. The quantitative estimate of drug-likeness (QED) is 0.344. The molecular weight excluding hydrogens is 236 g/mol. The maximum atomic E-state index is 5.64. The third-order valence-corrected chi connectivity index (χ3v) is 4.68. The van der Waals surface area contributed by atoms with E-state index in [9.17, 15) is 0 Å². The van der Waals surface area contributed by atoms with Crippen molar-refractivity contribution in [1.82, 2.24) is 0 Å². The van der Waals surface area contributed by atoms with Crippen LogP contribution >= 0.6 is 0 Å². The molecule has 0 rings (SSSR count). The minimum Gasteiger partial charge on any atom is -0.489 e. The van der Waals surface area contributed by atoms with E-state index in [0.717, 1.165) is 5.57 Å². The summed E-state index contributed by atoms with van der Waals surface area (Å²) in [6, 6.07) is 0. The Morgan fingerprint density at radius 2 is 1.35 bits per heavy atom. The maximum Gasteiger partial charge on any atom is 0.540 e. The van der Waals surface area contributed by atoms with Crippen LogP contribution in [0.25, 0.3) is 0 Å². The first kappa shape index (κ1) is 16.4. The highest BCUT2D eigenvalue weighted by Gasteiger charge is 2.42. The lowest BCUT2D eigenvalue weighted by molar-refractivity contribution is 0.0445. The normalized spacial score (nSPS) is 11.3. The highest BCUT2D eigenvalue weighted by atomic mass is 28.4. The second kappa shape index (κ2) is 8.47. The summed E-state index contributed by atoms with van der Waals surface area (Å²) in [4.78, 5) is 0. The summed E-state index contributed by atoms with van der Waals surface area (Å²) in [6.07, 6.45) is 0.272. The van der Waals surface area contributed by atoms with Crippen molar-refractivity contribution < 1.29 is 18.0 Å². The number of allylic oxidation sites excluding steroid dienone is 1. The lowest BCUT2D eigenvalue weighted by Gasteiger charge is -2.28. The van der Waals surface area contributed by atoms with Gasteiger partial charge in [0, 0.05) is 19.8 Å². The number of rotatable bonds is 10. The van der Waals surface area contributed by atoms with Crippen molar-refractivity contribution in [2.45, 2.75) is 27.7 Å². The van der Waals surface area contributed by atoms with E-state index in [4.69, 9.17) is 18.0 Å². The first-order chi connectivity index (χ1) is 8.01. The predicted molar refractivity (Wildman–Crippen MR) is 70.5 cm³/mol. The SMILES string of the molecule is C=C(C)C(=C)OC[Si](OCC)(OCC)OCC. The lowest BCUT2D eigenvalue weighted by atomic mass is 10.3. The molecule has 0 bridgehead atoms. The van der Waals surface area contributed by atoms with Crippen LogP contribution in [0, 0.1) is 0 Å².